The first-order valence-corrected chi connectivity index (χ1v) is 13.1. The van der Waals surface area contributed by atoms with Gasteiger partial charge in [0, 0.05) is 44.7 Å². The first-order valence-electron chi connectivity index (χ1n) is 13.1. The number of nitrogens with zero attached hydrogens (tertiary/aromatic N) is 5. The maximum atomic E-state index is 14.7. The van der Waals surface area contributed by atoms with Gasteiger partial charge in [-0.2, -0.15) is 0 Å². The van der Waals surface area contributed by atoms with Gasteiger partial charge >= 0.3 is 0 Å². The number of halogens is 1. The van der Waals surface area contributed by atoms with Crippen LogP contribution in [0.4, 0.5) is 16.0 Å². The Morgan fingerprint density at radius 2 is 1.94 bits per heavy atom. The van der Waals surface area contributed by atoms with Gasteiger partial charge in [-0.15, -0.1) is 0 Å². The molecule has 1 unspecified atom stereocenters. The molecule has 0 bridgehead atoms. The molecule has 0 aliphatic carbocycles. The van der Waals surface area contributed by atoms with Crippen molar-refractivity contribution in [1.82, 2.24) is 19.8 Å². The molecule has 3 rings (SSSR count). The standard InChI is InChI=1S/C27H43FN6O/c1-6-22(25(28)9-8-20(3)4)17-32-12-10-24(11-13-32)34-15-14-33(18-23(34)7-2)26-16-29-21(5)27(31-26)30-19-35/h8,16,19,23-24H,6-7,9-15,17-18H2,1-5H3,(H,30,31,35)/b25-22-. The van der Waals surface area contributed by atoms with Crippen molar-refractivity contribution in [1.29, 1.82) is 0 Å². The van der Waals surface area contributed by atoms with E-state index in [0.29, 0.717) is 30.7 Å². The Hall–Kier alpha value is -2.32. The maximum Gasteiger partial charge on any atom is 0.212 e. The number of piperidine rings is 1. The third-order valence-electron chi connectivity index (χ3n) is 7.40. The molecule has 35 heavy (non-hydrogen) atoms. The molecule has 2 fully saturated rings. The summed E-state index contributed by atoms with van der Waals surface area (Å²) < 4.78 is 14.7. The predicted molar refractivity (Wildman–Crippen MR) is 141 cm³/mol. The molecule has 1 N–H and O–H groups in total. The van der Waals surface area contributed by atoms with Gasteiger partial charge in [0.1, 0.15) is 11.6 Å². The molecule has 7 nitrogen and oxygen atoms in total. The van der Waals surface area contributed by atoms with Gasteiger partial charge in [0.25, 0.3) is 0 Å². The van der Waals surface area contributed by atoms with Crippen LogP contribution in [0.5, 0.6) is 0 Å². The maximum absolute atomic E-state index is 14.7. The molecule has 194 valence electrons. The fraction of sp³-hybridized carbons (Fsp3) is 0.667. The Morgan fingerprint density at radius 3 is 2.57 bits per heavy atom. The normalized spacial score (nSPS) is 21.0. The van der Waals surface area contributed by atoms with Gasteiger partial charge in [0.15, 0.2) is 5.82 Å². The number of amides is 1. The van der Waals surface area contributed by atoms with Gasteiger partial charge in [0.05, 0.1) is 11.9 Å². The van der Waals surface area contributed by atoms with Crippen LogP contribution in [0.3, 0.4) is 0 Å². The zero-order valence-electron chi connectivity index (χ0n) is 22.2. The van der Waals surface area contributed by atoms with Crippen molar-refractivity contribution in [3.8, 4) is 0 Å². The molecule has 2 aliphatic heterocycles. The average molecular weight is 487 g/mol. The summed E-state index contributed by atoms with van der Waals surface area (Å²) in [5.74, 6) is 1.39. The first-order chi connectivity index (χ1) is 16.9. The van der Waals surface area contributed by atoms with Crippen molar-refractivity contribution in [3.05, 3.63) is 34.9 Å². The number of likely N-dealkylation sites (tertiary alicyclic amines) is 1. The SMILES string of the molecule is CC/C(CN1CCC(N2CCN(c3cnc(C)c(NC=O)n3)CC2CC)CC1)=C(/F)CC=C(C)C. The van der Waals surface area contributed by atoms with Crippen LogP contribution >= 0.6 is 0 Å². The lowest BCUT2D eigenvalue weighted by atomic mass is 9.97. The molecule has 0 radical (unpaired) electrons. The highest BCUT2D eigenvalue weighted by Gasteiger charge is 2.33. The molecular weight excluding hydrogens is 443 g/mol. The molecule has 1 amide bonds. The third-order valence-corrected chi connectivity index (χ3v) is 7.40. The smallest absolute Gasteiger partial charge is 0.212 e. The number of carbonyl (C=O) groups excluding carboxylic acids is 1. The number of anilines is 2. The molecular formula is C27H43FN6O. The second-order valence-electron chi connectivity index (χ2n) is 10.0. The topological polar surface area (TPSA) is 64.6 Å². The van der Waals surface area contributed by atoms with E-state index in [2.05, 4.69) is 43.8 Å². The molecule has 0 saturated carbocycles. The predicted octanol–water partition coefficient (Wildman–Crippen LogP) is 4.71. The second kappa shape index (κ2) is 13.1. The Bertz CT molecular complexity index is 905. The fourth-order valence-corrected chi connectivity index (χ4v) is 5.21. The Kier molecular flexibility index (Phi) is 10.2. The minimum atomic E-state index is 0.0451. The molecule has 3 heterocycles. The van der Waals surface area contributed by atoms with E-state index >= 15 is 0 Å². The van der Waals surface area contributed by atoms with Crippen molar-refractivity contribution in [3.63, 3.8) is 0 Å². The van der Waals surface area contributed by atoms with Gasteiger partial charge in [-0.1, -0.05) is 25.5 Å². The zero-order chi connectivity index (χ0) is 25.4. The molecule has 0 spiro atoms. The van der Waals surface area contributed by atoms with E-state index < -0.39 is 0 Å². The quantitative estimate of drug-likeness (QED) is 0.382. The Morgan fingerprint density at radius 1 is 1.20 bits per heavy atom. The number of carbonyl (C=O) groups is 1. The number of aryl methyl sites for hydroxylation is 1. The average Bonchev–Trinajstić information content (AvgIpc) is 2.87. The largest absolute Gasteiger partial charge is 0.352 e. The molecule has 1 aromatic rings. The molecule has 1 atom stereocenters. The number of hydrogen-bond donors (Lipinski definition) is 1. The highest BCUT2D eigenvalue weighted by atomic mass is 19.1. The van der Waals surface area contributed by atoms with Crippen molar-refractivity contribution in [2.45, 2.75) is 78.8 Å². The van der Waals surface area contributed by atoms with Crippen LogP contribution in [0.15, 0.2) is 29.2 Å². The van der Waals surface area contributed by atoms with E-state index in [4.69, 9.17) is 0 Å². The van der Waals surface area contributed by atoms with Gasteiger partial charge in [-0.25, -0.2) is 9.37 Å². The number of rotatable bonds is 10. The van der Waals surface area contributed by atoms with Crippen molar-refractivity contribution >= 4 is 18.0 Å². The summed E-state index contributed by atoms with van der Waals surface area (Å²) in [6, 6.07) is 1.03. The Balaban J connectivity index is 1.57. The van der Waals surface area contributed by atoms with Crippen LogP contribution in [0, 0.1) is 6.92 Å². The lowest BCUT2D eigenvalue weighted by Gasteiger charge is -2.47. The number of nitrogens with one attached hydrogen (secondary N) is 1. The van der Waals surface area contributed by atoms with E-state index in [1.807, 2.05) is 33.0 Å². The van der Waals surface area contributed by atoms with Crippen LogP contribution < -0.4 is 10.2 Å². The van der Waals surface area contributed by atoms with Crippen molar-refractivity contribution < 1.29 is 9.18 Å². The van der Waals surface area contributed by atoms with Gasteiger partial charge in [0.2, 0.25) is 6.41 Å². The molecule has 2 saturated heterocycles. The fourth-order valence-electron chi connectivity index (χ4n) is 5.21. The summed E-state index contributed by atoms with van der Waals surface area (Å²) in [5, 5.41) is 2.66. The summed E-state index contributed by atoms with van der Waals surface area (Å²) in [5.41, 5.74) is 2.83. The van der Waals surface area contributed by atoms with E-state index in [9.17, 15) is 9.18 Å². The van der Waals surface area contributed by atoms with Crippen LogP contribution in [-0.4, -0.2) is 77.5 Å². The van der Waals surface area contributed by atoms with Crippen LogP contribution in [0.1, 0.15) is 65.5 Å². The highest BCUT2D eigenvalue weighted by molar-refractivity contribution is 5.70. The molecule has 0 aromatic carbocycles. The van der Waals surface area contributed by atoms with Crippen LogP contribution in [-0.2, 0) is 4.79 Å². The minimum absolute atomic E-state index is 0.0451. The molecule has 1 aromatic heterocycles. The zero-order valence-corrected chi connectivity index (χ0v) is 22.2. The van der Waals surface area contributed by atoms with Crippen molar-refractivity contribution in [2.75, 3.05) is 49.5 Å². The summed E-state index contributed by atoms with van der Waals surface area (Å²) >= 11 is 0. The third kappa shape index (κ3) is 7.34. The van der Waals surface area contributed by atoms with Crippen LogP contribution in [0.25, 0.3) is 0 Å². The second-order valence-corrected chi connectivity index (χ2v) is 10.0. The van der Waals surface area contributed by atoms with E-state index in [1.165, 1.54) is 0 Å². The molecule has 2 aliphatic rings. The number of allylic oxidation sites excluding steroid dienone is 3. The number of piperazine rings is 1. The first kappa shape index (κ1) is 27.3. The monoisotopic (exact) mass is 486 g/mol. The summed E-state index contributed by atoms with van der Waals surface area (Å²) in [6.45, 7) is 15.8. The number of aromatic nitrogens is 2. The van der Waals surface area contributed by atoms with Crippen LogP contribution in [0.2, 0.25) is 0 Å². The van der Waals surface area contributed by atoms with E-state index in [-0.39, 0.29) is 5.83 Å². The minimum Gasteiger partial charge on any atom is -0.352 e. The number of hydrogen-bond acceptors (Lipinski definition) is 6. The lowest BCUT2D eigenvalue weighted by molar-refractivity contribution is -0.105. The summed E-state index contributed by atoms with van der Waals surface area (Å²) in [4.78, 5) is 27.4. The van der Waals surface area contributed by atoms with E-state index in [0.717, 1.165) is 87.6 Å². The Labute approximate surface area is 210 Å². The van der Waals surface area contributed by atoms with Gasteiger partial charge < -0.3 is 10.2 Å². The van der Waals surface area contributed by atoms with E-state index in [1.54, 1.807) is 0 Å². The van der Waals surface area contributed by atoms with Crippen molar-refractivity contribution in [2.24, 2.45) is 0 Å². The summed E-state index contributed by atoms with van der Waals surface area (Å²) in [6.07, 6.45) is 8.95. The lowest BCUT2D eigenvalue weighted by Crippen LogP contribution is -2.58. The summed E-state index contributed by atoms with van der Waals surface area (Å²) in [7, 11) is 0. The van der Waals surface area contributed by atoms with Gasteiger partial charge in [-0.05, 0) is 65.1 Å². The highest BCUT2D eigenvalue weighted by Crippen LogP contribution is 2.27. The molecule has 8 heteroatoms. The van der Waals surface area contributed by atoms with Gasteiger partial charge in [-0.3, -0.25) is 19.6 Å².